The number of nitrogen functional groups attached to an aromatic ring is 1. The summed E-state index contributed by atoms with van der Waals surface area (Å²) in [5.74, 6) is 1.97. The Kier molecular flexibility index (Phi) is 9.85. The zero-order chi connectivity index (χ0) is 20.8. The lowest BCUT2D eigenvalue weighted by atomic mass is 9.91. The number of anilines is 2. The van der Waals surface area contributed by atoms with Crippen LogP contribution in [-0.4, -0.2) is 50.3 Å². The van der Waals surface area contributed by atoms with Crippen LogP contribution < -0.4 is 20.1 Å². The SMILES string of the molecule is COc1ccc(N2CCN(CC3(C)Cc4c(C)c(N)c(C)c(C)c4O3)CC2)cc1.Cl.Cl.Cl. The Morgan fingerprint density at radius 1 is 0.938 bits per heavy atom. The molecule has 0 aromatic heterocycles. The number of nitrogens with zero attached hydrogens (tertiary/aromatic N) is 2. The standard InChI is InChI=1S/C24H33N3O2.3ClH/c1-16-17(2)23-21(18(3)22(16)25)14-24(4,29-23)15-26-10-12-27(13-11-26)19-6-8-20(28-5)9-7-19;;;/h6-9H,10-15,25H2,1-5H3;3*1H. The van der Waals surface area contributed by atoms with Gasteiger partial charge in [-0.15, -0.1) is 37.2 Å². The third-order valence-corrected chi connectivity index (χ3v) is 6.70. The van der Waals surface area contributed by atoms with Gasteiger partial charge in [0.2, 0.25) is 0 Å². The van der Waals surface area contributed by atoms with Crippen molar-refractivity contribution < 1.29 is 9.47 Å². The fourth-order valence-corrected chi connectivity index (χ4v) is 4.74. The van der Waals surface area contributed by atoms with Crippen molar-refractivity contribution >= 4 is 48.6 Å². The summed E-state index contributed by atoms with van der Waals surface area (Å²) in [5, 5.41) is 0. The van der Waals surface area contributed by atoms with E-state index in [0.717, 1.165) is 61.9 Å². The van der Waals surface area contributed by atoms with E-state index in [1.807, 2.05) is 12.1 Å². The fraction of sp³-hybridized carbons (Fsp3) is 0.500. The lowest BCUT2D eigenvalue weighted by Gasteiger charge is -2.39. The van der Waals surface area contributed by atoms with Crippen molar-refractivity contribution in [2.45, 2.75) is 39.7 Å². The Balaban J connectivity index is 0.00000171. The molecule has 180 valence electrons. The summed E-state index contributed by atoms with van der Waals surface area (Å²) < 4.78 is 11.8. The van der Waals surface area contributed by atoms with Crippen molar-refractivity contribution in [3.8, 4) is 11.5 Å². The monoisotopic (exact) mass is 503 g/mol. The van der Waals surface area contributed by atoms with Gasteiger partial charge in [-0.25, -0.2) is 0 Å². The van der Waals surface area contributed by atoms with Crippen LogP contribution in [0.5, 0.6) is 11.5 Å². The predicted molar refractivity (Wildman–Crippen MR) is 141 cm³/mol. The van der Waals surface area contributed by atoms with Crippen LogP contribution in [0.2, 0.25) is 0 Å². The van der Waals surface area contributed by atoms with Crippen LogP contribution in [0.4, 0.5) is 11.4 Å². The zero-order valence-corrected chi connectivity index (χ0v) is 22.0. The van der Waals surface area contributed by atoms with E-state index in [9.17, 15) is 0 Å². The summed E-state index contributed by atoms with van der Waals surface area (Å²) in [6, 6.07) is 8.35. The summed E-state index contributed by atoms with van der Waals surface area (Å²) in [6.07, 6.45) is 0.929. The van der Waals surface area contributed by atoms with Crippen LogP contribution in [0, 0.1) is 20.8 Å². The van der Waals surface area contributed by atoms with Crippen molar-refractivity contribution in [1.29, 1.82) is 0 Å². The maximum absolute atomic E-state index is 6.56. The number of rotatable bonds is 4. The minimum atomic E-state index is -0.194. The summed E-state index contributed by atoms with van der Waals surface area (Å²) >= 11 is 0. The lowest BCUT2D eigenvalue weighted by Crippen LogP contribution is -2.52. The minimum absolute atomic E-state index is 0. The molecule has 2 aliphatic rings. The fourth-order valence-electron chi connectivity index (χ4n) is 4.74. The van der Waals surface area contributed by atoms with Gasteiger partial charge in [0.25, 0.3) is 0 Å². The molecule has 0 bridgehead atoms. The molecular weight excluding hydrogens is 469 g/mol. The van der Waals surface area contributed by atoms with E-state index in [1.165, 1.54) is 22.4 Å². The van der Waals surface area contributed by atoms with E-state index in [2.05, 4.69) is 49.6 Å². The first-order valence-corrected chi connectivity index (χ1v) is 10.5. The molecule has 1 unspecified atom stereocenters. The molecule has 0 saturated carbocycles. The van der Waals surface area contributed by atoms with E-state index >= 15 is 0 Å². The quantitative estimate of drug-likeness (QED) is 0.595. The molecule has 1 fully saturated rings. The van der Waals surface area contributed by atoms with E-state index in [-0.39, 0.29) is 42.8 Å². The molecule has 2 N–H and O–H groups in total. The molecule has 2 aliphatic heterocycles. The van der Waals surface area contributed by atoms with Gasteiger partial charge in [-0.3, -0.25) is 4.90 Å². The highest BCUT2D eigenvalue weighted by atomic mass is 35.5. The Bertz CT molecular complexity index is 877. The summed E-state index contributed by atoms with van der Waals surface area (Å²) in [7, 11) is 1.70. The molecule has 8 heteroatoms. The van der Waals surface area contributed by atoms with E-state index < -0.39 is 0 Å². The topological polar surface area (TPSA) is 51.0 Å². The molecular formula is C24H36Cl3N3O2. The van der Waals surface area contributed by atoms with Crippen molar-refractivity contribution in [1.82, 2.24) is 4.90 Å². The molecule has 5 nitrogen and oxygen atoms in total. The van der Waals surface area contributed by atoms with Gasteiger partial charge in [-0.2, -0.15) is 0 Å². The third kappa shape index (κ3) is 5.33. The number of piperazine rings is 1. The van der Waals surface area contributed by atoms with Gasteiger partial charge in [0.1, 0.15) is 17.1 Å². The number of ether oxygens (including phenoxy) is 2. The molecule has 2 heterocycles. The Labute approximate surface area is 210 Å². The molecule has 1 atom stereocenters. The number of methoxy groups -OCH3 is 1. The molecule has 0 aliphatic carbocycles. The molecule has 2 aromatic rings. The van der Waals surface area contributed by atoms with Gasteiger partial charge in [0, 0.05) is 56.1 Å². The van der Waals surface area contributed by atoms with Crippen molar-refractivity contribution in [3.63, 3.8) is 0 Å². The van der Waals surface area contributed by atoms with Gasteiger partial charge >= 0.3 is 0 Å². The smallest absolute Gasteiger partial charge is 0.127 e. The van der Waals surface area contributed by atoms with Crippen LogP contribution in [-0.2, 0) is 6.42 Å². The molecule has 0 amide bonds. The second-order valence-corrected chi connectivity index (χ2v) is 8.79. The van der Waals surface area contributed by atoms with Crippen molar-refractivity contribution in [2.24, 2.45) is 0 Å². The van der Waals surface area contributed by atoms with Crippen molar-refractivity contribution in [2.75, 3.05) is 50.5 Å². The van der Waals surface area contributed by atoms with Crippen LogP contribution in [0.1, 0.15) is 29.2 Å². The normalized spacial score (nSPS) is 19.7. The first kappa shape index (κ1) is 28.5. The van der Waals surface area contributed by atoms with Crippen molar-refractivity contribution in [3.05, 3.63) is 46.5 Å². The minimum Gasteiger partial charge on any atom is -0.497 e. The highest BCUT2D eigenvalue weighted by Gasteiger charge is 2.39. The predicted octanol–water partition coefficient (Wildman–Crippen LogP) is 4.98. The van der Waals surface area contributed by atoms with Crippen LogP contribution in [0.3, 0.4) is 0 Å². The zero-order valence-electron chi connectivity index (χ0n) is 19.6. The molecule has 32 heavy (non-hydrogen) atoms. The molecule has 1 saturated heterocycles. The van der Waals surface area contributed by atoms with E-state index in [0.29, 0.717) is 0 Å². The molecule has 2 aromatic carbocycles. The van der Waals surface area contributed by atoms with Gasteiger partial charge in [-0.1, -0.05) is 0 Å². The second-order valence-electron chi connectivity index (χ2n) is 8.79. The van der Waals surface area contributed by atoms with Crippen LogP contribution >= 0.6 is 37.2 Å². The second kappa shape index (κ2) is 11.1. The Morgan fingerprint density at radius 2 is 1.53 bits per heavy atom. The van der Waals surface area contributed by atoms with Gasteiger partial charge in [-0.05, 0) is 68.7 Å². The first-order chi connectivity index (χ1) is 13.8. The highest BCUT2D eigenvalue weighted by Crippen LogP contribution is 2.44. The number of hydrogen-bond donors (Lipinski definition) is 1. The number of halogens is 3. The van der Waals surface area contributed by atoms with Crippen LogP contribution in [0.25, 0.3) is 0 Å². The average molecular weight is 505 g/mol. The highest BCUT2D eigenvalue weighted by molar-refractivity contribution is 5.86. The number of nitrogens with two attached hydrogens (primary N) is 1. The maximum Gasteiger partial charge on any atom is 0.127 e. The van der Waals surface area contributed by atoms with E-state index in [4.69, 9.17) is 15.2 Å². The van der Waals surface area contributed by atoms with Gasteiger partial charge in [0.15, 0.2) is 0 Å². The first-order valence-electron chi connectivity index (χ1n) is 10.5. The lowest BCUT2D eigenvalue weighted by molar-refractivity contribution is 0.0604. The molecule has 0 radical (unpaired) electrons. The third-order valence-electron chi connectivity index (χ3n) is 6.70. The Morgan fingerprint density at radius 3 is 2.09 bits per heavy atom. The number of fused-ring (bicyclic) bond motifs is 1. The average Bonchev–Trinajstić information content (AvgIpc) is 3.09. The molecule has 4 rings (SSSR count). The number of benzene rings is 2. The summed E-state index contributed by atoms with van der Waals surface area (Å²) in [4.78, 5) is 4.98. The van der Waals surface area contributed by atoms with Gasteiger partial charge < -0.3 is 20.1 Å². The number of hydrogen-bond acceptors (Lipinski definition) is 5. The summed E-state index contributed by atoms with van der Waals surface area (Å²) in [5.41, 5.74) is 13.2. The van der Waals surface area contributed by atoms with Gasteiger partial charge in [0.05, 0.1) is 7.11 Å². The largest absolute Gasteiger partial charge is 0.497 e. The Hall–Kier alpha value is -1.53. The maximum atomic E-state index is 6.56. The van der Waals surface area contributed by atoms with E-state index in [1.54, 1.807) is 7.11 Å². The molecule has 0 spiro atoms. The van der Waals surface area contributed by atoms with Crippen LogP contribution in [0.15, 0.2) is 24.3 Å². The summed E-state index contributed by atoms with van der Waals surface area (Å²) in [6.45, 7) is 13.7.